The van der Waals surface area contributed by atoms with Gasteiger partial charge < -0.3 is 9.64 Å². The summed E-state index contributed by atoms with van der Waals surface area (Å²) in [5, 5.41) is 0.587. The first-order valence-electron chi connectivity index (χ1n) is 8.80. The summed E-state index contributed by atoms with van der Waals surface area (Å²) in [6, 6.07) is 5.30. The number of benzene rings is 1. The lowest BCUT2D eigenvalue weighted by Gasteiger charge is -2.25. The van der Waals surface area contributed by atoms with E-state index in [-0.39, 0.29) is 25.0 Å². The van der Waals surface area contributed by atoms with Gasteiger partial charge in [-0.25, -0.2) is 0 Å². The quantitative estimate of drug-likeness (QED) is 0.778. The molecule has 1 atom stereocenters. The number of carbonyl (C=O) groups is 3. The summed E-state index contributed by atoms with van der Waals surface area (Å²) in [6.45, 7) is 0.772. The van der Waals surface area contributed by atoms with Gasteiger partial charge in [0.05, 0.1) is 5.92 Å². The zero-order valence-electron chi connectivity index (χ0n) is 14.4. The molecule has 0 saturated carbocycles. The molecule has 1 aromatic carbocycles. The van der Waals surface area contributed by atoms with E-state index in [2.05, 4.69) is 10.9 Å². The number of likely N-dealkylation sites (tertiary alicyclic amines) is 1. The highest BCUT2D eigenvalue weighted by Crippen LogP contribution is 2.29. The van der Waals surface area contributed by atoms with Gasteiger partial charge in [-0.05, 0) is 43.0 Å². The zero-order valence-corrected chi connectivity index (χ0v) is 15.2. The average Bonchev–Trinajstić information content (AvgIpc) is 2.83. The van der Waals surface area contributed by atoms with Crippen LogP contribution in [0.2, 0.25) is 5.02 Å². The van der Waals surface area contributed by atoms with Crippen molar-refractivity contribution in [3.05, 3.63) is 28.8 Å². The largest absolute Gasteiger partial charge is 0.492 e. The van der Waals surface area contributed by atoms with E-state index in [4.69, 9.17) is 16.3 Å². The van der Waals surface area contributed by atoms with Gasteiger partial charge in [0.1, 0.15) is 18.9 Å². The van der Waals surface area contributed by atoms with Gasteiger partial charge in [0.2, 0.25) is 11.8 Å². The summed E-state index contributed by atoms with van der Waals surface area (Å²) in [5.74, 6) is -0.443. The molecule has 2 N–H and O–H groups in total. The molecule has 1 saturated heterocycles. The van der Waals surface area contributed by atoms with Crippen molar-refractivity contribution in [1.29, 1.82) is 0 Å². The first-order chi connectivity index (χ1) is 12.5. The molecule has 3 amide bonds. The second kappa shape index (κ2) is 8.40. The Morgan fingerprint density at radius 1 is 1.23 bits per heavy atom. The van der Waals surface area contributed by atoms with Crippen molar-refractivity contribution in [2.24, 2.45) is 5.92 Å². The number of carbonyl (C=O) groups excluding carboxylic acids is 3. The lowest BCUT2D eigenvalue weighted by Crippen LogP contribution is -2.50. The first kappa shape index (κ1) is 18.5. The Morgan fingerprint density at radius 2 is 2.08 bits per heavy atom. The number of ether oxygens (including phenoxy) is 1. The van der Waals surface area contributed by atoms with E-state index < -0.39 is 11.8 Å². The van der Waals surface area contributed by atoms with E-state index in [1.54, 1.807) is 18.2 Å². The summed E-state index contributed by atoms with van der Waals surface area (Å²) in [7, 11) is 0. The third kappa shape index (κ3) is 4.66. The lowest BCUT2D eigenvalue weighted by atomic mass is 9.96. The molecule has 0 unspecified atom stereocenters. The maximum absolute atomic E-state index is 12.3. The topological polar surface area (TPSA) is 87.7 Å². The van der Waals surface area contributed by atoms with Crippen LogP contribution < -0.4 is 15.6 Å². The predicted molar refractivity (Wildman–Crippen MR) is 95.5 cm³/mol. The normalized spacial score (nSPS) is 19.8. The summed E-state index contributed by atoms with van der Waals surface area (Å²) >= 11 is 5.98. The number of amides is 3. The number of halogens is 1. The van der Waals surface area contributed by atoms with Crippen molar-refractivity contribution in [3.63, 3.8) is 0 Å². The molecule has 3 rings (SSSR count). The van der Waals surface area contributed by atoms with Gasteiger partial charge in [-0.15, -0.1) is 0 Å². The Bertz CT molecular complexity index is 710. The van der Waals surface area contributed by atoms with Gasteiger partial charge in [-0.1, -0.05) is 18.0 Å². The van der Waals surface area contributed by atoms with E-state index in [0.717, 1.165) is 30.6 Å². The van der Waals surface area contributed by atoms with Crippen LogP contribution in [-0.2, 0) is 20.8 Å². The van der Waals surface area contributed by atoms with E-state index in [1.807, 2.05) is 0 Å². The third-order valence-electron chi connectivity index (χ3n) is 4.63. The van der Waals surface area contributed by atoms with Gasteiger partial charge in [0.15, 0.2) is 0 Å². The average molecular weight is 380 g/mol. The van der Waals surface area contributed by atoms with Crippen LogP contribution in [0.25, 0.3) is 0 Å². The fraction of sp³-hybridized carbons (Fsp3) is 0.500. The van der Waals surface area contributed by atoms with E-state index in [9.17, 15) is 14.4 Å². The van der Waals surface area contributed by atoms with Crippen molar-refractivity contribution >= 4 is 29.3 Å². The Morgan fingerprint density at radius 3 is 2.92 bits per heavy atom. The molecule has 7 nitrogen and oxygen atoms in total. The summed E-state index contributed by atoms with van der Waals surface area (Å²) < 4.78 is 5.58. The molecule has 8 heteroatoms. The van der Waals surface area contributed by atoms with Gasteiger partial charge >= 0.3 is 0 Å². The van der Waals surface area contributed by atoms with E-state index in [1.165, 1.54) is 4.90 Å². The zero-order chi connectivity index (χ0) is 18.5. The lowest BCUT2D eigenvalue weighted by molar-refractivity contribution is -0.137. The van der Waals surface area contributed by atoms with Gasteiger partial charge in [-0.3, -0.25) is 25.2 Å². The molecule has 1 aromatic rings. The molecule has 0 aliphatic carbocycles. The number of rotatable bonds is 3. The summed E-state index contributed by atoms with van der Waals surface area (Å²) in [4.78, 5) is 37.8. The van der Waals surface area contributed by atoms with Crippen molar-refractivity contribution in [2.45, 2.75) is 32.1 Å². The van der Waals surface area contributed by atoms with Crippen LogP contribution >= 0.6 is 11.6 Å². The van der Waals surface area contributed by atoms with Crippen molar-refractivity contribution in [1.82, 2.24) is 15.8 Å². The maximum atomic E-state index is 12.3. The van der Waals surface area contributed by atoms with Gasteiger partial charge in [0, 0.05) is 18.0 Å². The molecule has 0 aromatic heterocycles. The second-order valence-electron chi connectivity index (χ2n) is 6.63. The molecule has 26 heavy (non-hydrogen) atoms. The van der Waals surface area contributed by atoms with Crippen LogP contribution in [0.5, 0.6) is 5.75 Å². The fourth-order valence-corrected chi connectivity index (χ4v) is 3.38. The molecule has 0 radical (unpaired) electrons. The number of hydrogen-bond donors (Lipinski definition) is 2. The molecule has 2 aliphatic heterocycles. The Labute approximate surface area is 157 Å². The molecule has 0 spiro atoms. The molecule has 1 fully saturated rings. The van der Waals surface area contributed by atoms with Crippen LogP contribution in [0.3, 0.4) is 0 Å². The Kier molecular flexibility index (Phi) is 5.98. The van der Waals surface area contributed by atoms with Crippen molar-refractivity contribution in [2.75, 3.05) is 19.7 Å². The summed E-state index contributed by atoms with van der Waals surface area (Å²) in [6.07, 6.45) is 3.71. The standard InChI is InChI=1S/C18H22ClN3O4/c19-14-5-6-15-12(9-14)8-13(11-26-15)18(25)21-20-16(23)10-22-7-3-1-2-4-17(22)24/h5-6,9,13H,1-4,7-8,10-11H2,(H,20,23)(H,21,25)/t13-/m1/s1. The number of nitrogens with one attached hydrogen (secondary N) is 2. The first-order valence-corrected chi connectivity index (χ1v) is 9.18. The SMILES string of the molecule is O=C(CN1CCCCCC1=O)NNC(=O)[C@H]1COc2ccc(Cl)cc2C1. The highest BCUT2D eigenvalue weighted by atomic mass is 35.5. The van der Waals surface area contributed by atoms with Crippen LogP contribution in [-0.4, -0.2) is 42.3 Å². The molecule has 2 heterocycles. The molecular formula is C18H22ClN3O4. The van der Waals surface area contributed by atoms with Gasteiger partial charge in [0.25, 0.3) is 5.91 Å². The van der Waals surface area contributed by atoms with Crippen molar-refractivity contribution in [3.8, 4) is 5.75 Å². The minimum Gasteiger partial charge on any atom is -0.492 e. The monoisotopic (exact) mass is 379 g/mol. The molecule has 140 valence electrons. The Hall–Kier alpha value is -2.28. The van der Waals surface area contributed by atoms with Gasteiger partial charge in [-0.2, -0.15) is 0 Å². The fourth-order valence-electron chi connectivity index (χ4n) is 3.18. The van der Waals surface area contributed by atoms with Crippen LogP contribution in [0.15, 0.2) is 18.2 Å². The molecule has 0 bridgehead atoms. The van der Waals surface area contributed by atoms with Crippen LogP contribution in [0.1, 0.15) is 31.2 Å². The second-order valence-corrected chi connectivity index (χ2v) is 7.06. The summed E-state index contributed by atoms with van der Waals surface area (Å²) in [5.41, 5.74) is 5.68. The third-order valence-corrected chi connectivity index (χ3v) is 4.87. The number of nitrogens with zero attached hydrogens (tertiary/aromatic N) is 1. The smallest absolute Gasteiger partial charge is 0.257 e. The number of fused-ring (bicyclic) bond motifs is 1. The van der Waals surface area contributed by atoms with Crippen LogP contribution in [0.4, 0.5) is 0 Å². The van der Waals surface area contributed by atoms with Crippen molar-refractivity contribution < 1.29 is 19.1 Å². The molecule has 2 aliphatic rings. The molecular weight excluding hydrogens is 358 g/mol. The maximum Gasteiger partial charge on any atom is 0.257 e. The van der Waals surface area contributed by atoms with E-state index >= 15 is 0 Å². The predicted octanol–water partition coefficient (Wildman–Crippen LogP) is 1.44. The van der Waals surface area contributed by atoms with E-state index in [0.29, 0.717) is 24.4 Å². The minimum atomic E-state index is -0.416. The number of hydrazine groups is 1. The minimum absolute atomic E-state index is 0.0156. The number of hydrogen-bond acceptors (Lipinski definition) is 4. The van der Waals surface area contributed by atoms with Crippen LogP contribution in [0, 0.1) is 5.92 Å². The highest BCUT2D eigenvalue weighted by Gasteiger charge is 2.27. The highest BCUT2D eigenvalue weighted by molar-refractivity contribution is 6.30. The Balaban J connectivity index is 1.48.